The number of benzene rings is 2. The average Bonchev–Trinajstić information content (AvgIpc) is 3.12. The van der Waals surface area contributed by atoms with Gasteiger partial charge >= 0.3 is 0 Å². The highest BCUT2D eigenvalue weighted by molar-refractivity contribution is 5.88. The van der Waals surface area contributed by atoms with Crippen molar-refractivity contribution in [3.63, 3.8) is 0 Å². The van der Waals surface area contributed by atoms with Crippen molar-refractivity contribution in [2.24, 2.45) is 0 Å². The number of aromatic nitrogens is 3. The molecular weight excluding hydrogens is 336 g/mol. The molecule has 0 fully saturated rings. The molecule has 0 saturated heterocycles. The molecule has 0 radical (unpaired) electrons. The van der Waals surface area contributed by atoms with Crippen LogP contribution in [0.15, 0.2) is 54.9 Å². The second kappa shape index (κ2) is 6.55. The number of pyridine rings is 1. The lowest BCUT2D eigenvalue weighted by atomic mass is 9.98. The minimum absolute atomic E-state index is 0.495. The summed E-state index contributed by atoms with van der Waals surface area (Å²) in [7, 11) is 0. The summed E-state index contributed by atoms with van der Waals surface area (Å²) in [5.41, 5.74) is 3.61. The molecule has 2 aromatic carbocycles. The molecule has 1 N–H and O–H groups in total. The fraction of sp³-hybridized carbons (Fsp3) is 0.100. The molecule has 0 aliphatic rings. The number of nitrogens with one attached hydrogen (secondary N) is 1. The van der Waals surface area contributed by atoms with Gasteiger partial charge in [0.25, 0.3) is 0 Å². The van der Waals surface area contributed by atoms with Gasteiger partial charge in [0.1, 0.15) is 5.75 Å². The van der Waals surface area contributed by atoms with E-state index in [-0.39, 0.29) is 0 Å². The van der Waals surface area contributed by atoms with Gasteiger partial charge in [-0.15, -0.1) is 0 Å². The fourth-order valence-electron chi connectivity index (χ4n) is 2.89. The third kappa shape index (κ3) is 2.90. The number of halogens is 2. The van der Waals surface area contributed by atoms with Gasteiger partial charge in [-0.1, -0.05) is 6.07 Å². The van der Waals surface area contributed by atoms with E-state index in [1.54, 1.807) is 12.4 Å². The first-order valence-corrected chi connectivity index (χ1v) is 8.17. The summed E-state index contributed by atoms with van der Waals surface area (Å²) in [6.07, 6.45) is 3.32. The number of aromatic amines is 1. The highest BCUT2D eigenvalue weighted by Crippen LogP contribution is 2.34. The number of hydrogen-bond acceptors (Lipinski definition) is 3. The molecule has 0 unspecified atom stereocenters. The maximum Gasteiger partial charge on any atom is 0.159 e. The minimum Gasteiger partial charge on any atom is -0.492 e. The Morgan fingerprint density at radius 2 is 1.81 bits per heavy atom. The predicted octanol–water partition coefficient (Wildman–Crippen LogP) is 4.97. The molecular formula is C20H15F2N3O. The average molecular weight is 351 g/mol. The largest absolute Gasteiger partial charge is 0.492 e. The summed E-state index contributed by atoms with van der Waals surface area (Å²) in [5.74, 6) is -1.18. The second-order valence-electron chi connectivity index (χ2n) is 5.80. The molecule has 4 nitrogen and oxygen atoms in total. The molecule has 0 aliphatic heterocycles. The van der Waals surface area contributed by atoms with E-state index < -0.39 is 11.6 Å². The van der Waals surface area contributed by atoms with Crippen LogP contribution in [0.25, 0.3) is 33.3 Å². The van der Waals surface area contributed by atoms with E-state index >= 15 is 0 Å². The highest BCUT2D eigenvalue weighted by atomic mass is 19.2. The van der Waals surface area contributed by atoms with Crippen LogP contribution in [0.4, 0.5) is 8.78 Å². The van der Waals surface area contributed by atoms with Crippen molar-refractivity contribution in [3.05, 3.63) is 66.5 Å². The molecule has 26 heavy (non-hydrogen) atoms. The van der Waals surface area contributed by atoms with Gasteiger partial charge < -0.3 is 4.74 Å². The van der Waals surface area contributed by atoms with Gasteiger partial charge in [0, 0.05) is 16.5 Å². The van der Waals surface area contributed by atoms with Crippen LogP contribution in [0, 0.1) is 11.6 Å². The summed E-state index contributed by atoms with van der Waals surface area (Å²) < 4.78 is 32.6. The highest BCUT2D eigenvalue weighted by Gasteiger charge is 2.14. The van der Waals surface area contributed by atoms with E-state index in [4.69, 9.17) is 4.74 Å². The van der Waals surface area contributed by atoms with Crippen molar-refractivity contribution in [3.8, 4) is 28.1 Å². The third-order valence-electron chi connectivity index (χ3n) is 4.12. The topological polar surface area (TPSA) is 50.8 Å². The lowest BCUT2D eigenvalue weighted by Gasteiger charge is -2.12. The summed E-state index contributed by atoms with van der Waals surface area (Å²) in [5, 5.41) is 7.88. The molecule has 130 valence electrons. The maximum absolute atomic E-state index is 13.7. The molecule has 4 rings (SSSR count). The van der Waals surface area contributed by atoms with Gasteiger partial charge in [-0.05, 0) is 48.9 Å². The van der Waals surface area contributed by atoms with Gasteiger partial charge in [-0.2, -0.15) is 5.10 Å². The van der Waals surface area contributed by atoms with Crippen molar-refractivity contribution < 1.29 is 13.5 Å². The first kappa shape index (κ1) is 16.2. The van der Waals surface area contributed by atoms with Crippen LogP contribution in [-0.4, -0.2) is 21.8 Å². The van der Waals surface area contributed by atoms with E-state index in [0.717, 1.165) is 34.2 Å². The quantitative estimate of drug-likeness (QED) is 0.565. The Labute approximate surface area is 148 Å². The molecule has 0 spiro atoms. The zero-order valence-electron chi connectivity index (χ0n) is 14.0. The van der Waals surface area contributed by atoms with Crippen LogP contribution < -0.4 is 4.74 Å². The molecule has 0 bridgehead atoms. The van der Waals surface area contributed by atoms with Gasteiger partial charge in [0.15, 0.2) is 11.6 Å². The van der Waals surface area contributed by atoms with Crippen molar-refractivity contribution in [2.45, 2.75) is 6.92 Å². The van der Waals surface area contributed by atoms with Crippen LogP contribution in [-0.2, 0) is 0 Å². The van der Waals surface area contributed by atoms with Crippen molar-refractivity contribution in [1.29, 1.82) is 0 Å². The molecule has 2 aromatic heterocycles. The van der Waals surface area contributed by atoms with Gasteiger partial charge in [-0.3, -0.25) is 10.1 Å². The van der Waals surface area contributed by atoms with E-state index in [2.05, 4.69) is 15.2 Å². The standard InChI is InChI=1S/C20H15F2N3O/c1-2-26-15-9-16(12-4-6-19-14(7-12)10-24-25-19)20(23-11-15)13-3-5-17(21)18(22)8-13/h3-11H,2H2,1H3,(H,24,25). The lowest BCUT2D eigenvalue weighted by Crippen LogP contribution is -1.96. The number of nitrogens with zero attached hydrogens (tertiary/aromatic N) is 2. The smallest absolute Gasteiger partial charge is 0.159 e. The fourth-order valence-corrected chi connectivity index (χ4v) is 2.89. The Balaban J connectivity index is 1.91. The van der Waals surface area contributed by atoms with Crippen LogP contribution in [0.1, 0.15) is 6.92 Å². The summed E-state index contributed by atoms with van der Waals surface area (Å²) in [6, 6.07) is 11.4. The Hall–Kier alpha value is -3.28. The molecule has 0 saturated carbocycles. The Bertz CT molecular complexity index is 1090. The van der Waals surface area contributed by atoms with E-state index in [1.165, 1.54) is 6.07 Å². The molecule has 6 heteroatoms. The SMILES string of the molecule is CCOc1cnc(-c2ccc(F)c(F)c2)c(-c2ccc3[nH]ncc3c2)c1. The second-order valence-corrected chi connectivity index (χ2v) is 5.80. The van der Waals surface area contributed by atoms with Crippen molar-refractivity contribution in [1.82, 2.24) is 15.2 Å². The van der Waals surface area contributed by atoms with Crippen LogP contribution >= 0.6 is 0 Å². The summed E-state index contributed by atoms with van der Waals surface area (Å²) in [6.45, 7) is 2.40. The zero-order chi connectivity index (χ0) is 18.1. The Kier molecular flexibility index (Phi) is 4.08. The normalized spacial score (nSPS) is 11.0. The van der Waals surface area contributed by atoms with Crippen LogP contribution in [0.5, 0.6) is 5.75 Å². The number of H-pyrrole nitrogens is 1. The third-order valence-corrected chi connectivity index (χ3v) is 4.12. The Morgan fingerprint density at radius 3 is 2.62 bits per heavy atom. The van der Waals surface area contributed by atoms with E-state index in [0.29, 0.717) is 23.6 Å². The van der Waals surface area contributed by atoms with E-state index in [9.17, 15) is 8.78 Å². The summed E-state index contributed by atoms with van der Waals surface area (Å²) >= 11 is 0. The van der Waals surface area contributed by atoms with Crippen molar-refractivity contribution >= 4 is 10.9 Å². The molecule has 0 aliphatic carbocycles. The van der Waals surface area contributed by atoms with E-state index in [1.807, 2.05) is 31.2 Å². The zero-order valence-corrected chi connectivity index (χ0v) is 14.0. The van der Waals surface area contributed by atoms with Gasteiger partial charge in [0.2, 0.25) is 0 Å². The first-order valence-electron chi connectivity index (χ1n) is 8.17. The maximum atomic E-state index is 13.7. The molecule has 0 atom stereocenters. The first-order chi connectivity index (χ1) is 12.7. The van der Waals surface area contributed by atoms with Crippen LogP contribution in [0.3, 0.4) is 0 Å². The lowest BCUT2D eigenvalue weighted by molar-refractivity contribution is 0.339. The number of rotatable bonds is 4. The molecule has 0 amide bonds. The van der Waals surface area contributed by atoms with Gasteiger partial charge in [0.05, 0.1) is 30.2 Å². The number of fused-ring (bicyclic) bond motifs is 1. The number of hydrogen-bond donors (Lipinski definition) is 1. The molecule has 2 heterocycles. The Morgan fingerprint density at radius 1 is 0.962 bits per heavy atom. The summed E-state index contributed by atoms with van der Waals surface area (Å²) in [4.78, 5) is 4.44. The molecule has 4 aromatic rings. The number of ether oxygens (including phenoxy) is 1. The van der Waals surface area contributed by atoms with Gasteiger partial charge in [-0.25, -0.2) is 8.78 Å². The van der Waals surface area contributed by atoms with Crippen LogP contribution in [0.2, 0.25) is 0 Å². The monoisotopic (exact) mass is 351 g/mol. The van der Waals surface area contributed by atoms with Crippen molar-refractivity contribution in [2.75, 3.05) is 6.61 Å². The minimum atomic E-state index is -0.908. The predicted molar refractivity (Wildman–Crippen MR) is 95.8 cm³/mol.